The Balaban J connectivity index is 1.76. The molecule has 9 heteroatoms. The number of carbonyl (C=O) groups excluding carboxylic acids is 2. The number of nitrogens with one attached hydrogen (secondary N) is 3. The highest BCUT2D eigenvalue weighted by Gasteiger charge is 2.20. The van der Waals surface area contributed by atoms with Gasteiger partial charge in [0, 0.05) is 24.8 Å². The Bertz CT molecular complexity index is 1020. The molecule has 0 spiro atoms. The average Bonchev–Trinajstić information content (AvgIpc) is 3.39. The van der Waals surface area contributed by atoms with Gasteiger partial charge in [0.05, 0.1) is 18.5 Å². The summed E-state index contributed by atoms with van der Waals surface area (Å²) >= 11 is 0. The Kier molecular flexibility index (Phi) is 6.51. The van der Waals surface area contributed by atoms with Gasteiger partial charge < -0.3 is 15.4 Å². The van der Waals surface area contributed by atoms with Crippen molar-refractivity contribution in [3.63, 3.8) is 0 Å². The summed E-state index contributed by atoms with van der Waals surface area (Å²) in [5.41, 5.74) is 2.28. The van der Waals surface area contributed by atoms with E-state index in [2.05, 4.69) is 25.9 Å². The number of aryl methyl sites for hydroxylation is 1. The summed E-state index contributed by atoms with van der Waals surface area (Å²) < 4.78 is 6.76. The zero-order valence-electron chi connectivity index (χ0n) is 17.5. The van der Waals surface area contributed by atoms with Crippen molar-refractivity contribution in [2.24, 2.45) is 5.92 Å². The molecule has 3 N–H and O–H groups in total. The van der Waals surface area contributed by atoms with E-state index in [1.54, 1.807) is 24.1 Å². The molecule has 9 nitrogen and oxygen atoms in total. The Labute approximate surface area is 174 Å². The molecule has 0 saturated carbocycles. The fraction of sp³-hybridized carbons (Fsp3) is 0.333. The van der Waals surface area contributed by atoms with Gasteiger partial charge in [-0.2, -0.15) is 10.2 Å². The lowest BCUT2D eigenvalue weighted by Crippen LogP contribution is -2.28. The first-order valence-electron chi connectivity index (χ1n) is 9.78. The van der Waals surface area contributed by atoms with Gasteiger partial charge in [0.1, 0.15) is 11.4 Å². The number of benzene rings is 1. The quantitative estimate of drug-likeness (QED) is 0.528. The van der Waals surface area contributed by atoms with Gasteiger partial charge in [-0.25, -0.2) is 0 Å². The zero-order chi connectivity index (χ0) is 21.7. The number of anilines is 1. The molecule has 3 rings (SSSR count). The van der Waals surface area contributed by atoms with E-state index >= 15 is 0 Å². The summed E-state index contributed by atoms with van der Waals surface area (Å²) in [6, 6.07) is 9.02. The van der Waals surface area contributed by atoms with Gasteiger partial charge >= 0.3 is 0 Å². The van der Waals surface area contributed by atoms with Crippen LogP contribution < -0.4 is 15.4 Å². The summed E-state index contributed by atoms with van der Waals surface area (Å²) in [6.45, 7) is 7.02. The van der Waals surface area contributed by atoms with Crippen LogP contribution in [0.4, 0.5) is 5.69 Å². The van der Waals surface area contributed by atoms with Crippen LogP contribution in [0.25, 0.3) is 11.3 Å². The second-order valence-electron chi connectivity index (χ2n) is 7.20. The lowest BCUT2D eigenvalue weighted by Gasteiger charge is -2.07. The van der Waals surface area contributed by atoms with E-state index in [1.165, 1.54) is 0 Å². The number of rotatable bonds is 8. The smallest absolute Gasteiger partial charge is 0.273 e. The van der Waals surface area contributed by atoms with Gasteiger partial charge in [-0.15, -0.1) is 0 Å². The molecule has 2 amide bonds. The number of nitrogens with zero attached hydrogens (tertiary/aromatic N) is 3. The maximum atomic E-state index is 12.7. The normalized spacial score (nSPS) is 10.8. The van der Waals surface area contributed by atoms with Crippen LogP contribution in [0, 0.1) is 5.92 Å². The number of aromatic nitrogens is 4. The molecule has 2 aromatic heterocycles. The van der Waals surface area contributed by atoms with Crippen LogP contribution in [0.15, 0.2) is 36.5 Å². The minimum Gasteiger partial charge on any atom is -0.497 e. The Morgan fingerprint density at radius 2 is 1.93 bits per heavy atom. The number of H-pyrrole nitrogens is 1. The summed E-state index contributed by atoms with van der Waals surface area (Å²) in [7, 11) is 1.60. The fourth-order valence-electron chi connectivity index (χ4n) is 2.76. The van der Waals surface area contributed by atoms with Crippen LogP contribution in [0.5, 0.6) is 5.75 Å². The van der Waals surface area contributed by atoms with Crippen LogP contribution in [0.1, 0.15) is 41.7 Å². The number of hydrogen-bond donors (Lipinski definition) is 3. The highest BCUT2D eigenvalue weighted by Crippen LogP contribution is 2.22. The molecule has 0 saturated heterocycles. The predicted molar refractivity (Wildman–Crippen MR) is 114 cm³/mol. The molecular weight excluding hydrogens is 384 g/mol. The molecule has 158 valence electrons. The first kappa shape index (κ1) is 21.1. The number of aromatic amines is 1. The van der Waals surface area contributed by atoms with Crippen LogP contribution in [0.2, 0.25) is 0 Å². The molecular formula is C21H26N6O3. The van der Waals surface area contributed by atoms with E-state index < -0.39 is 5.91 Å². The zero-order valence-corrected chi connectivity index (χ0v) is 17.5. The lowest BCUT2D eigenvalue weighted by molar-refractivity contribution is 0.0944. The largest absolute Gasteiger partial charge is 0.497 e. The number of methoxy groups -OCH3 is 1. The number of amides is 2. The monoisotopic (exact) mass is 410 g/mol. The van der Waals surface area contributed by atoms with Crippen molar-refractivity contribution >= 4 is 17.5 Å². The van der Waals surface area contributed by atoms with Crippen LogP contribution >= 0.6 is 0 Å². The van der Waals surface area contributed by atoms with Crippen LogP contribution in [-0.4, -0.2) is 45.4 Å². The van der Waals surface area contributed by atoms with E-state index in [4.69, 9.17) is 4.74 Å². The molecule has 3 aromatic rings. The van der Waals surface area contributed by atoms with Crippen molar-refractivity contribution in [2.75, 3.05) is 19.0 Å². The van der Waals surface area contributed by atoms with E-state index in [1.807, 2.05) is 45.0 Å². The maximum absolute atomic E-state index is 12.7. The molecule has 0 radical (unpaired) electrons. The third-order valence-electron chi connectivity index (χ3n) is 4.43. The van der Waals surface area contributed by atoms with Gasteiger partial charge in [-0.05, 0) is 43.2 Å². The van der Waals surface area contributed by atoms with Crippen molar-refractivity contribution < 1.29 is 14.3 Å². The molecule has 1 aromatic carbocycles. The van der Waals surface area contributed by atoms with Crippen molar-refractivity contribution in [3.05, 3.63) is 47.9 Å². The first-order valence-corrected chi connectivity index (χ1v) is 9.78. The van der Waals surface area contributed by atoms with E-state index in [-0.39, 0.29) is 17.3 Å². The van der Waals surface area contributed by atoms with E-state index in [0.29, 0.717) is 30.4 Å². The molecule has 0 bridgehead atoms. The van der Waals surface area contributed by atoms with Gasteiger partial charge in [-0.1, -0.05) is 13.8 Å². The summed E-state index contributed by atoms with van der Waals surface area (Å²) in [4.78, 5) is 25.2. The molecule has 0 aliphatic carbocycles. The first-order chi connectivity index (χ1) is 14.4. The van der Waals surface area contributed by atoms with Crippen LogP contribution in [-0.2, 0) is 6.54 Å². The third-order valence-corrected chi connectivity index (χ3v) is 4.43. The molecule has 0 aliphatic heterocycles. The third kappa shape index (κ3) is 4.86. The number of hydrogen-bond acceptors (Lipinski definition) is 5. The topological polar surface area (TPSA) is 114 Å². The summed E-state index contributed by atoms with van der Waals surface area (Å²) in [5.74, 6) is 0.315. The summed E-state index contributed by atoms with van der Waals surface area (Å²) in [6.07, 6.45) is 1.64. The summed E-state index contributed by atoms with van der Waals surface area (Å²) in [5, 5.41) is 16.8. The van der Waals surface area contributed by atoms with Gasteiger partial charge in [0.15, 0.2) is 5.69 Å². The number of carbonyl (C=O) groups is 2. The lowest BCUT2D eigenvalue weighted by atomic mass is 10.1. The van der Waals surface area contributed by atoms with Crippen molar-refractivity contribution in [1.82, 2.24) is 25.3 Å². The average molecular weight is 410 g/mol. The molecule has 0 fully saturated rings. The minimum atomic E-state index is -0.407. The van der Waals surface area contributed by atoms with Crippen molar-refractivity contribution in [1.29, 1.82) is 0 Å². The van der Waals surface area contributed by atoms with E-state index in [9.17, 15) is 9.59 Å². The second kappa shape index (κ2) is 9.25. The van der Waals surface area contributed by atoms with Crippen molar-refractivity contribution in [3.8, 4) is 17.0 Å². The predicted octanol–water partition coefficient (Wildman–Crippen LogP) is 2.94. The minimum absolute atomic E-state index is 0.181. The Hall–Kier alpha value is -3.62. The second-order valence-corrected chi connectivity index (χ2v) is 7.20. The molecule has 2 heterocycles. The maximum Gasteiger partial charge on any atom is 0.273 e. The van der Waals surface area contributed by atoms with Gasteiger partial charge in [-0.3, -0.25) is 19.4 Å². The van der Waals surface area contributed by atoms with Crippen molar-refractivity contribution in [2.45, 2.75) is 27.3 Å². The fourth-order valence-corrected chi connectivity index (χ4v) is 2.76. The van der Waals surface area contributed by atoms with Crippen LogP contribution in [0.3, 0.4) is 0 Å². The highest BCUT2D eigenvalue weighted by atomic mass is 16.5. The molecule has 0 aliphatic rings. The SMILES string of the molecule is CCn1cc(NC(=O)c2cc(-c3ccc(OC)cc3)n[nH]2)c(C(=O)NCC(C)C)n1. The molecule has 0 atom stereocenters. The molecule has 30 heavy (non-hydrogen) atoms. The highest BCUT2D eigenvalue weighted by molar-refractivity contribution is 6.07. The van der Waals surface area contributed by atoms with Gasteiger partial charge in [0.25, 0.3) is 11.8 Å². The standard InChI is InChI=1S/C21H26N6O3/c1-5-27-12-18(19(26-27)21(29)22-11-13(2)3)23-20(28)17-10-16(24-25-17)14-6-8-15(30-4)9-7-14/h6-10,12-13H,5,11H2,1-4H3,(H,22,29)(H,23,28)(H,24,25). The Morgan fingerprint density at radius 3 is 2.57 bits per heavy atom. The molecule has 0 unspecified atom stereocenters. The Morgan fingerprint density at radius 1 is 1.20 bits per heavy atom. The van der Waals surface area contributed by atoms with Gasteiger partial charge in [0.2, 0.25) is 0 Å². The van der Waals surface area contributed by atoms with E-state index in [0.717, 1.165) is 11.3 Å². The number of ether oxygens (including phenoxy) is 1.